The lowest BCUT2D eigenvalue weighted by atomic mass is 10.0. The van der Waals surface area contributed by atoms with E-state index in [0.29, 0.717) is 18.3 Å². The van der Waals surface area contributed by atoms with E-state index in [1.807, 2.05) is 60.9 Å². The number of allylic oxidation sites excluding steroid dienone is 2. The largest absolute Gasteiger partial charge is 0.285 e. The summed E-state index contributed by atoms with van der Waals surface area (Å²) >= 11 is 0. The molecule has 2 aromatic heterocycles. The number of quaternary nitrogens is 1. The van der Waals surface area contributed by atoms with Crippen LogP contribution in [0.3, 0.4) is 0 Å². The van der Waals surface area contributed by atoms with Crippen LogP contribution in [0.4, 0.5) is 5.82 Å². The lowest BCUT2D eigenvalue weighted by molar-refractivity contribution is -1.04. The molecular formula is C23H26N5O2S+. The van der Waals surface area contributed by atoms with E-state index >= 15 is 0 Å². The fourth-order valence-corrected chi connectivity index (χ4v) is 5.26. The average molecular weight is 437 g/mol. The van der Waals surface area contributed by atoms with Crippen LogP contribution < -0.4 is 9.79 Å². The molecular weight excluding hydrogens is 410 g/mol. The average Bonchev–Trinajstić information content (AvgIpc) is 3.49. The van der Waals surface area contributed by atoms with Gasteiger partial charge in [-0.05, 0) is 30.9 Å². The molecule has 0 radical (unpaired) electrons. The standard InChI is InChI=1S/C23H25N5O2S/c1-30-27-13-7-12-19(16-27)31(29)26-22-14-21(18-10-3-2-4-11-18)25-23-20(15-24-28(22)23)17-8-5-6-9-17/h2-4,7,10-15,17,26H,5-6,8-9,16H2,1H3/p+1. The van der Waals surface area contributed by atoms with Crippen molar-refractivity contribution in [1.29, 1.82) is 0 Å². The van der Waals surface area contributed by atoms with Gasteiger partial charge in [0.2, 0.25) is 0 Å². The topological polar surface area (TPSA) is 73.0 Å². The number of nitrogens with one attached hydrogen (secondary N) is 2. The number of aromatic nitrogens is 3. The third-order valence-electron chi connectivity index (χ3n) is 5.97. The van der Waals surface area contributed by atoms with E-state index in [2.05, 4.69) is 9.82 Å². The van der Waals surface area contributed by atoms with Crippen molar-refractivity contribution in [3.8, 4) is 11.3 Å². The highest BCUT2D eigenvalue weighted by molar-refractivity contribution is 7.90. The van der Waals surface area contributed by atoms with Gasteiger partial charge in [0.25, 0.3) is 0 Å². The predicted octanol–water partition coefficient (Wildman–Crippen LogP) is 2.99. The highest BCUT2D eigenvalue weighted by Gasteiger charge is 2.24. The molecule has 2 aliphatic rings. The summed E-state index contributed by atoms with van der Waals surface area (Å²) < 4.78 is 18.1. The van der Waals surface area contributed by atoms with Crippen molar-refractivity contribution in [2.24, 2.45) is 0 Å². The quantitative estimate of drug-likeness (QED) is 0.623. The number of fused-ring (bicyclic) bond motifs is 1. The molecule has 5 rings (SSSR count). The Morgan fingerprint density at radius 3 is 2.81 bits per heavy atom. The van der Waals surface area contributed by atoms with Crippen LogP contribution in [0.2, 0.25) is 0 Å². The second-order valence-electron chi connectivity index (χ2n) is 7.92. The number of hydroxylamine groups is 2. The summed E-state index contributed by atoms with van der Waals surface area (Å²) in [5.41, 5.74) is 3.88. The lowest BCUT2D eigenvalue weighted by Crippen LogP contribution is -3.06. The van der Waals surface area contributed by atoms with Gasteiger partial charge in [-0.1, -0.05) is 43.2 Å². The smallest absolute Gasteiger partial charge is 0.161 e. The van der Waals surface area contributed by atoms with E-state index in [-0.39, 0.29) is 0 Å². The number of anilines is 1. The minimum Gasteiger partial charge on any atom is -0.285 e. The van der Waals surface area contributed by atoms with Gasteiger partial charge in [-0.15, -0.1) is 0 Å². The zero-order valence-corrected chi connectivity index (χ0v) is 18.3. The fourth-order valence-electron chi connectivity index (χ4n) is 4.31. The Hall–Kier alpha value is -2.81. The van der Waals surface area contributed by atoms with Crippen molar-refractivity contribution >= 4 is 22.5 Å². The van der Waals surface area contributed by atoms with Gasteiger partial charge in [0.05, 0.1) is 23.9 Å². The first-order valence-electron chi connectivity index (χ1n) is 10.6. The Balaban J connectivity index is 1.55. The summed E-state index contributed by atoms with van der Waals surface area (Å²) in [6.07, 6.45) is 12.4. The molecule has 0 saturated heterocycles. The molecule has 3 aromatic rings. The fraction of sp³-hybridized carbons (Fsp3) is 0.304. The first-order chi connectivity index (χ1) is 15.2. The van der Waals surface area contributed by atoms with Crippen LogP contribution in [0.15, 0.2) is 65.9 Å². The summed E-state index contributed by atoms with van der Waals surface area (Å²) in [7, 11) is 0.208. The summed E-state index contributed by atoms with van der Waals surface area (Å²) in [4.78, 5) is 11.1. The molecule has 1 aromatic carbocycles. The molecule has 1 fully saturated rings. The van der Waals surface area contributed by atoms with E-state index < -0.39 is 11.0 Å². The zero-order chi connectivity index (χ0) is 21.2. The summed E-state index contributed by atoms with van der Waals surface area (Å²) in [6, 6.07) is 12.0. The van der Waals surface area contributed by atoms with E-state index in [0.717, 1.165) is 26.9 Å². The third kappa shape index (κ3) is 4.06. The molecule has 1 aliphatic carbocycles. The molecule has 0 amide bonds. The molecule has 2 N–H and O–H groups in total. The maximum atomic E-state index is 13.2. The van der Waals surface area contributed by atoms with E-state index in [1.165, 1.54) is 31.2 Å². The molecule has 8 heteroatoms. The Morgan fingerprint density at radius 1 is 1.23 bits per heavy atom. The van der Waals surface area contributed by atoms with Crippen molar-refractivity contribution in [3.05, 3.63) is 71.4 Å². The molecule has 31 heavy (non-hydrogen) atoms. The second kappa shape index (κ2) is 8.74. The van der Waals surface area contributed by atoms with Crippen molar-refractivity contribution in [2.75, 3.05) is 18.4 Å². The van der Waals surface area contributed by atoms with Crippen molar-refractivity contribution in [1.82, 2.24) is 14.6 Å². The van der Waals surface area contributed by atoms with Crippen LogP contribution in [-0.4, -0.2) is 32.5 Å². The number of benzene rings is 1. The first-order valence-corrected chi connectivity index (χ1v) is 11.8. The number of hydrogen-bond donors (Lipinski definition) is 2. The Kier molecular flexibility index (Phi) is 5.67. The molecule has 160 valence electrons. The Bertz CT molecular complexity index is 1170. The first kappa shape index (κ1) is 20.1. The Morgan fingerprint density at radius 2 is 2.03 bits per heavy atom. The number of hydrogen-bond acceptors (Lipinski definition) is 4. The Labute approximate surface area is 184 Å². The van der Waals surface area contributed by atoms with Crippen molar-refractivity contribution < 1.29 is 14.1 Å². The highest BCUT2D eigenvalue weighted by atomic mass is 32.2. The summed E-state index contributed by atoms with van der Waals surface area (Å²) in [6.45, 7) is 0.513. The highest BCUT2D eigenvalue weighted by Crippen LogP contribution is 2.37. The molecule has 1 aliphatic heterocycles. The van der Waals surface area contributed by atoms with Crippen LogP contribution in [0.25, 0.3) is 16.9 Å². The van der Waals surface area contributed by atoms with Gasteiger partial charge in [0, 0.05) is 17.2 Å². The molecule has 2 atom stereocenters. The SMILES string of the molecule is CO[NH+]1C=CC=C(S(=O)Nc2cc(-c3ccccc3)nc3c(C4CCCC4)cnn23)C1. The van der Waals surface area contributed by atoms with E-state index in [1.54, 1.807) is 11.6 Å². The van der Waals surface area contributed by atoms with Gasteiger partial charge in [0.15, 0.2) is 16.6 Å². The number of nitrogens with zero attached hydrogens (tertiary/aromatic N) is 3. The third-order valence-corrected chi connectivity index (χ3v) is 7.13. The number of rotatable bonds is 6. The maximum absolute atomic E-state index is 13.2. The maximum Gasteiger partial charge on any atom is 0.161 e. The summed E-state index contributed by atoms with van der Waals surface area (Å²) in [5, 5.41) is 5.41. The minimum absolute atomic E-state index is 0.486. The normalized spacial score (nSPS) is 20.2. The predicted molar refractivity (Wildman–Crippen MR) is 121 cm³/mol. The van der Waals surface area contributed by atoms with Gasteiger partial charge in [-0.25, -0.2) is 14.0 Å². The molecule has 0 bridgehead atoms. The summed E-state index contributed by atoms with van der Waals surface area (Å²) in [5.74, 6) is 1.15. The second-order valence-corrected chi connectivity index (χ2v) is 9.19. The van der Waals surface area contributed by atoms with Crippen LogP contribution in [0.5, 0.6) is 0 Å². The molecule has 1 saturated carbocycles. The van der Waals surface area contributed by atoms with Crippen molar-refractivity contribution in [3.63, 3.8) is 0 Å². The van der Waals surface area contributed by atoms with Crippen LogP contribution in [-0.2, 0) is 15.8 Å². The van der Waals surface area contributed by atoms with Gasteiger partial charge >= 0.3 is 0 Å². The molecule has 3 heterocycles. The lowest BCUT2D eigenvalue weighted by Gasteiger charge is -2.17. The minimum atomic E-state index is -1.42. The van der Waals surface area contributed by atoms with Crippen LogP contribution in [0.1, 0.15) is 37.2 Å². The van der Waals surface area contributed by atoms with E-state index in [4.69, 9.17) is 9.82 Å². The molecule has 7 nitrogen and oxygen atoms in total. The van der Waals surface area contributed by atoms with Gasteiger partial charge in [-0.3, -0.25) is 4.72 Å². The molecule has 2 unspecified atom stereocenters. The zero-order valence-electron chi connectivity index (χ0n) is 17.5. The van der Waals surface area contributed by atoms with Gasteiger partial charge in [-0.2, -0.15) is 14.7 Å². The molecule has 0 spiro atoms. The van der Waals surface area contributed by atoms with E-state index in [9.17, 15) is 4.21 Å². The van der Waals surface area contributed by atoms with Crippen LogP contribution >= 0.6 is 0 Å². The van der Waals surface area contributed by atoms with Gasteiger partial charge in [0.1, 0.15) is 18.6 Å². The van der Waals surface area contributed by atoms with Crippen molar-refractivity contribution in [2.45, 2.75) is 31.6 Å². The monoisotopic (exact) mass is 436 g/mol. The van der Waals surface area contributed by atoms with Crippen LogP contribution in [0, 0.1) is 0 Å². The van der Waals surface area contributed by atoms with Gasteiger partial charge < -0.3 is 0 Å².